The molecule has 124 valence electrons. The lowest BCUT2D eigenvalue weighted by Crippen LogP contribution is -2.60. The monoisotopic (exact) mass is 334 g/mol. The minimum Gasteiger partial charge on any atom is -0.461 e. The van der Waals surface area contributed by atoms with Gasteiger partial charge < -0.3 is 35.2 Å². The van der Waals surface area contributed by atoms with E-state index in [-0.39, 0.29) is 17.4 Å². The van der Waals surface area contributed by atoms with Crippen molar-refractivity contribution in [2.45, 2.75) is 37.6 Å². The van der Waals surface area contributed by atoms with Crippen LogP contribution in [0.1, 0.15) is 17.4 Å². The molecule has 1 aromatic heterocycles. The molecule has 1 aromatic rings. The molecule has 1 fully saturated rings. The fourth-order valence-corrected chi connectivity index (χ4v) is 2.69. The van der Waals surface area contributed by atoms with Gasteiger partial charge in [-0.2, -0.15) is 0 Å². The Labute approximate surface area is 130 Å². The van der Waals surface area contributed by atoms with Gasteiger partial charge in [-0.3, -0.25) is 0 Å². The summed E-state index contributed by atoms with van der Waals surface area (Å²) >= 11 is 1.09. The van der Waals surface area contributed by atoms with Crippen LogP contribution in [0.2, 0.25) is 0 Å². The number of anilines is 1. The van der Waals surface area contributed by atoms with Crippen molar-refractivity contribution in [3.8, 4) is 0 Å². The third kappa shape index (κ3) is 3.54. The largest absolute Gasteiger partial charge is 0.461 e. The number of aromatic nitrogens is 1. The average molecular weight is 334 g/mol. The van der Waals surface area contributed by atoms with Crippen LogP contribution in [-0.2, 0) is 9.47 Å². The SMILES string of the molecule is CCOC(=O)c1csc(N[C@@H]2O[C@H](CO)[C@H](O)[C@H](O)[C@H]2O)n1. The van der Waals surface area contributed by atoms with Crippen molar-refractivity contribution in [1.29, 1.82) is 0 Å². The first-order chi connectivity index (χ1) is 10.5. The van der Waals surface area contributed by atoms with Crippen LogP contribution in [0.4, 0.5) is 5.13 Å². The lowest BCUT2D eigenvalue weighted by atomic mass is 9.98. The molecule has 0 unspecified atom stereocenters. The van der Waals surface area contributed by atoms with Crippen LogP contribution in [0.25, 0.3) is 0 Å². The number of rotatable bonds is 5. The standard InChI is InChI=1S/C12H18N2O7S/c1-2-20-11(19)5-4-22-12(13-5)14-10-9(18)8(17)7(16)6(3-15)21-10/h4,6-10,15-18H,2-3H2,1H3,(H,13,14)/t6-,7+,8+,9-,10-/m1/s1. The molecule has 0 aromatic carbocycles. The van der Waals surface area contributed by atoms with Gasteiger partial charge in [-0.25, -0.2) is 9.78 Å². The minimum absolute atomic E-state index is 0.110. The molecule has 2 heterocycles. The molecular formula is C12H18N2O7S. The summed E-state index contributed by atoms with van der Waals surface area (Å²) < 4.78 is 10.1. The Balaban J connectivity index is 2.05. The lowest BCUT2D eigenvalue weighted by Gasteiger charge is -2.40. The molecule has 0 spiro atoms. The van der Waals surface area contributed by atoms with E-state index in [9.17, 15) is 20.1 Å². The fraction of sp³-hybridized carbons (Fsp3) is 0.667. The van der Waals surface area contributed by atoms with E-state index in [1.807, 2.05) is 0 Å². The minimum atomic E-state index is -1.48. The predicted octanol–water partition coefficient (Wildman–Crippen LogP) is -1.47. The highest BCUT2D eigenvalue weighted by molar-refractivity contribution is 7.13. The Kier molecular flexibility index (Phi) is 5.67. The maximum Gasteiger partial charge on any atom is 0.357 e. The van der Waals surface area contributed by atoms with Crippen LogP contribution in [0.5, 0.6) is 0 Å². The van der Waals surface area contributed by atoms with Crippen LogP contribution in [-0.4, -0.2) is 75.2 Å². The Bertz CT molecular complexity index is 509. The van der Waals surface area contributed by atoms with E-state index in [2.05, 4.69) is 10.3 Å². The van der Waals surface area contributed by atoms with Gasteiger partial charge in [-0.15, -0.1) is 11.3 Å². The second kappa shape index (κ2) is 7.31. The molecule has 9 nitrogen and oxygen atoms in total. The molecule has 0 saturated carbocycles. The van der Waals surface area contributed by atoms with E-state index in [1.54, 1.807) is 6.92 Å². The van der Waals surface area contributed by atoms with E-state index in [1.165, 1.54) is 5.38 Å². The first kappa shape index (κ1) is 17.1. The highest BCUT2D eigenvalue weighted by Gasteiger charge is 2.43. The van der Waals surface area contributed by atoms with Crippen LogP contribution in [0.15, 0.2) is 5.38 Å². The summed E-state index contributed by atoms with van der Waals surface area (Å²) in [4.78, 5) is 15.5. The molecule has 2 rings (SSSR count). The summed E-state index contributed by atoms with van der Waals surface area (Å²) in [7, 11) is 0. The van der Waals surface area contributed by atoms with Gasteiger partial charge in [0.25, 0.3) is 0 Å². The number of nitrogens with one attached hydrogen (secondary N) is 1. The zero-order valence-electron chi connectivity index (χ0n) is 11.7. The number of ether oxygens (including phenoxy) is 2. The number of aliphatic hydroxyl groups is 4. The van der Waals surface area contributed by atoms with Gasteiger partial charge in [0.05, 0.1) is 13.2 Å². The summed E-state index contributed by atoms with van der Waals surface area (Å²) in [5.74, 6) is -0.569. The van der Waals surface area contributed by atoms with Crippen molar-refractivity contribution in [2.24, 2.45) is 0 Å². The van der Waals surface area contributed by atoms with E-state index in [4.69, 9.17) is 14.6 Å². The first-order valence-corrected chi connectivity index (χ1v) is 7.55. The summed E-state index contributed by atoms with van der Waals surface area (Å²) in [6.45, 7) is 1.39. The van der Waals surface area contributed by atoms with Gasteiger partial charge in [0.15, 0.2) is 17.1 Å². The Morgan fingerprint density at radius 3 is 2.77 bits per heavy atom. The fourth-order valence-electron chi connectivity index (χ4n) is 1.98. The number of nitrogens with zero attached hydrogens (tertiary/aromatic N) is 1. The van der Waals surface area contributed by atoms with Crippen LogP contribution >= 0.6 is 11.3 Å². The van der Waals surface area contributed by atoms with Gasteiger partial charge in [-0.05, 0) is 6.92 Å². The normalized spacial score (nSPS) is 31.8. The van der Waals surface area contributed by atoms with Gasteiger partial charge in [-0.1, -0.05) is 0 Å². The quantitative estimate of drug-likeness (QED) is 0.408. The Morgan fingerprint density at radius 1 is 1.41 bits per heavy atom. The summed E-state index contributed by atoms with van der Waals surface area (Å²) in [5.41, 5.74) is 0.110. The zero-order valence-corrected chi connectivity index (χ0v) is 12.6. The number of carbonyl (C=O) groups is 1. The molecule has 1 aliphatic rings. The van der Waals surface area contributed by atoms with Crippen molar-refractivity contribution in [3.63, 3.8) is 0 Å². The van der Waals surface area contributed by atoms with E-state index in [0.717, 1.165) is 11.3 Å². The summed E-state index contributed by atoms with van der Waals surface area (Å²) in [6.07, 6.45) is -6.43. The van der Waals surface area contributed by atoms with E-state index >= 15 is 0 Å². The highest BCUT2D eigenvalue weighted by atomic mass is 32.1. The number of aliphatic hydroxyl groups excluding tert-OH is 4. The Hall–Kier alpha value is -1.30. The Morgan fingerprint density at radius 2 is 2.14 bits per heavy atom. The zero-order chi connectivity index (χ0) is 16.3. The maximum atomic E-state index is 11.5. The first-order valence-electron chi connectivity index (χ1n) is 6.67. The van der Waals surface area contributed by atoms with Gasteiger partial charge in [0, 0.05) is 5.38 Å². The number of esters is 1. The maximum absolute atomic E-state index is 11.5. The van der Waals surface area contributed by atoms with Crippen LogP contribution in [0.3, 0.4) is 0 Å². The van der Waals surface area contributed by atoms with Gasteiger partial charge in [0.2, 0.25) is 0 Å². The van der Waals surface area contributed by atoms with E-state index < -0.39 is 43.2 Å². The van der Waals surface area contributed by atoms with Gasteiger partial charge >= 0.3 is 5.97 Å². The lowest BCUT2D eigenvalue weighted by molar-refractivity contribution is -0.221. The topological polar surface area (TPSA) is 141 Å². The molecule has 0 aliphatic carbocycles. The summed E-state index contributed by atoms with van der Waals surface area (Å²) in [6, 6.07) is 0. The predicted molar refractivity (Wildman–Crippen MR) is 75.5 cm³/mol. The van der Waals surface area contributed by atoms with E-state index in [0.29, 0.717) is 0 Å². The van der Waals surface area contributed by atoms with Crippen molar-refractivity contribution < 1.29 is 34.7 Å². The van der Waals surface area contributed by atoms with Crippen molar-refractivity contribution in [3.05, 3.63) is 11.1 Å². The summed E-state index contributed by atoms with van der Waals surface area (Å²) in [5, 5.41) is 42.8. The molecule has 1 aliphatic heterocycles. The molecule has 0 radical (unpaired) electrons. The third-order valence-corrected chi connectivity index (χ3v) is 3.92. The van der Waals surface area contributed by atoms with Crippen molar-refractivity contribution >= 4 is 22.4 Å². The van der Waals surface area contributed by atoms with Gasteiger partial charge in [0.1, 0.15) is 24.4 Å². The molecule has 0 bridgehead atoms. The second-order valence-electron chi connectivity index (χ2n) is 4.65. The molecule has 22 heavy (non-hydrogen) atoms. The number of hydrogen-bond acceptors (Lipinski definition) is 10. The number of hydrogen-bond donors (Lipinski definition) is 5. The average Bonchev–Trinajstić information content (AvgIpc) is 2.97. The van der Waals surface area contributed by atoms with Crippen LogP contribution < -0.4 is 5.32 Å². The molecule has 5 N–H and O–H groups in total. The van der Waals surface area contributed by atoms with Crippen LogP contribution in [0, 0.1) is 0 Å². The second-order valence-corrected chi connectivity index (χ2v) is 5.51. The number of carbonyl (C=O) groups excluding carboxylic acids is 1. The number of thiazole rings is 1. The third-order valence-electron chi connectivity index (χ3n) is 3.15. The molecule has 5 atom stereocenters. The molecule has 10 heteroatoms. The van der Waals surface area contributed by atoms with Crippen molar-refractivity contribution in [2.75, 3.05) is 18.5 Å². The molecular weight excluding hydrogens is 316 g/mol. The smallest absolute Gasteiger partial charge is 0.357 e. The highest BCUT2D eigenvalue weighted by Crippen LogP contribution is 2.24. The van der Waals surface area contributed by atoms with Crippen molar-refractivity contribution in [1.82, 2.24) is 4.98 Å². The molecule has 0 amide bonds. The molecule has 1 saturated heterocycles.